The van der Waals surface area contributed by atoms with Gasteiger partial charge in [0, 0.05) is 11.3 Å². The van der Waals surface area contributed by atoms with E-state index in [1.54, 1.807) is 43.3 Å². The Balaban J connectivity index is 2.26. The van der Waals surface area contributed by atoms with Crippen molar-refractivity contribution in [1.29, 1.82) is 0 Å². The van der Waals surface area contributed by atoms with E-state index >= 15 is 0 Å². The lowest BCUT2D eigenvalue weighted by Gasteiger charge is -2.07. The van der Waals surface area contributed by atoms with Crippen LogP contribution < -0.4 is 5.32 Å². The van der Waals surface area contributed by atoms with Crippen molar-refractivity contribution in [2.45, 2.75) is 6.92 Å². The first-order chi connectivity index (χ1) is 9.11. The maximum atomic E-state index is 13.8. The third-order valence-electron chi connectivity index (χ3n) is 2.72. The second-order valence-corrected chi connectivity index (χ2v) is 4.12. The van der Waals surface area contributed by atoms with Gasteiger partial charge < -0.3 is 5.32 Å². The van der Waals surface area contributed by atoms with E-state index in [1.165, 1.54) is 6.07 Å². The lowest BCUT2D eigenvalue weighted by Crippen LogP contribution is -2.14. The Kier molecular flexibility index (Phi) is 3.63. The van der Waals surface area contributed by atoms with Crippen molar-refractivity contribution in [2.24, 2.45) is 0 Å². The van der Waals surface area contributed by atoms with E-state index in [-0.39, 0.29) is 5.56 Å². The average molecular weight is 253 g/mol. The molecule has 2 rings (SSSR count). The van der Waals surface area contributed by atoms with Gasteiger partial charge in [0.25, 0.3) is 5.91 Å². The van der Waals surface area contributed by atoms with Gasteiger partial charge in [-0.25, -0.2) is 4.39 Å². The van der Waals surface area contributed by atoms with E-state index in [4.69, 9.17) is 6.42 Å². The first-order valence-electron chi connectivity index (χ1n) is 5.75. The molecule has 1 amide bonds. The normalized spacial score (nSPS) is 9.74. The monoisotopic (exact) mass is 253 g/mol. The summed E-state index contributed by atoms with van der Waals surface area (Å²) >= 11 is 0. The maximum Gasteiger partial charge on any atom is 0.258 e. The molecule has 0 aliphatic rings. The fourth-order valence-corrected chi connectivity index (χ4v) is 1.71. The molecule has 0 saturated heterocycles. The van der Waals surface area contributed by atoms with Crippen molar-refractivity contribution in [1.82, 2.24) is 0 Å². The van der Waals surface area contributed by atoms with Crippen LogP contribution in [0, 0.1) is 25.1 Å². The van der Waals surface area contributed by atoms with Crippen LogP contribution in [0.15, 0.2) is 42.5 Å². The van der Waals surface area contributed by atoms with Gasteiger partial charge in [-0.05, 0) is 36.8 Å². The number of hydrogen-bond donors (Lipinski definition) is 1. The number of halogens is 1. The summed E-state index contributed by atoms with van der Waals surface area (Å²) in [4.78, 5) is 12.0. The Morgan fingerprint density at radius 1 is 1.26 bits per heavy atom. The highest BCUT2D eigenvalue weighted by atomic mass is 19.1. The largest absolute Gasteiger partial charge is 0.322 e. The quantitative estimate of drug-likeness (QED) is 0.817. The fraction of sp³-hybridized carbons (Fsp3) is 0.0625. The number of benzene rings is 2. The minimum absolute atomic E-state index is 0.0195. The van der Waals surface area contributed by atoms with Crippen LogP contribution in [0.3, 0.4) is 0 Å². The standard InChI is InChI=1S/C16H12FNO/c1-3-12-7-5-8-13(10-12)18-16(19)14-9-4-6-11(2)15(14)17/h1,4-10H,2H3,(H,18,19). The molecule has 0 aliphatic heterocycles. The van der Waals surface area contributed by atoms with E-state index in [1.807, 2.05) is 0 Å². The molecule has 19 heavy (non-hydrogen) atoms. The number of hydrogen-bond acceptors (Lipinski definition) is 1. The molecule has 0 atom stereocenters. The summed E-state index contributed by atoms with van der Waals surface area (Å²) in [7, 11) is 0. The second-order valence-electron chi connectivity index (χ2n) is 4.12. The lowest BCUT2D eigenvalue weighted by atomic mass is 10.1. The number of anilines is 1. The number of amides is 1. The lowest BCUT2D eigenvalue weighted by molar-refractivity contribution is 0.102. The summed E-state index contributed by atoms with van der Waals surface area (Å²) in [6, 6.07) is 11.6. The van der Waals surface area contributed by atoms with Crippen LogP contribution >= 0.6 is 0 Å². The summed E-state index contributed by atoms with van der Waals surface area (Å²) in [6.07, 6.45) is 5.28. The summed E-state index contributed by atoms with van der Waals surface area (Å²) < 4.78 is 13.8. The number of terminal acetylenes is 1. The molecule has 0 spiro atoms. The fourth-order valence-electron chi connectivity index (χ4n) is 1.71. The molecule has 0 radical (unpaired) electrons. The number of aryl methyl sites for hydroxylation is 1. The predicted molar refractivity (Wildman–Crippen MR) is 73.5 cm³/mol. The van der Waals surface area contributed by atoms with Gasteiger partial charge >= 0.3 is 0 Å². The topological polar surface area (TPSA) is 29.1 Å². The Morgan fingerprint density at radius 2 is 2.00 bits per heavy atom. The van der Waals surface area contributed by atoms with Gasteiger partial charge in [0.05, 0.1) is 5.56 Å². The van der Waals surface area contributed by atoms with Crippen LogP contribution in [-0.2, 0) is 0 Å². The highest BCUT2D eigenvalue weighted by Gasteiger charge is 2.13. The summed E-state index contributed by atoms with van der Waals surface area (Å²) in [5, 5.41) is 2.63. The average Bonchev–Trinajstić information content (AvgIpc) is 2.42. The first-order valence-corrected chi connectivity index (χ1v) is 5.75. The summed E-state index contributed by atoms with van der Waals surface area (Å²) in [5.41, 5.74) is 1.65. The molecule has 0 aliphatic carbocycles. The van der Waals surface area contributed by atoms with Gasteiger partial charge in [-0.1, -0.05) is 24.1 Å². The number of carbonyl (C=O) groups excluding carboxylic acids is 1. The molecule has 94 valence electrons. The highest BCUT2D eigenvalue weighted by molar-refractivity contribution is 6.04. The van der Waals surface area contributed by atoms with Crippen LogP contribution in [0.4, 0.5) is 10.1 Å². The van der Waals surface area contributed by atoms with Crippen LogP contribution in [0.2, 0.25) is 0 Å². The van der Waals surface area contributed by atoms with Crippen molar-refractivity contribution in [3.05, 3.63) is 65.0 Å². The number of carbonyl (C=O) groups is 1. The zero-order chi connectivity index (χ0) is 13.8. The minimum atomic E-state index is -0.506. The van der Waals surface area contributed by atoms with E-state index in [9.17, 15) is 9.18 Å². The van der Waals surface area contributed by atoms with Gasteiger partial charge in [-0.3, -0.25) is 4.79 Å². The van der Waals surface area contributed by atoms with Crippen LogP contribution in [-0.4, -0.2) is 5.91 Å². The van der Waals surface area contributed by atoms with Crippen molar-refractivity contribution in [3.8, 4) is 12.3 Å². The third kappa shape index (κ3) is 2.80. The van der Waals surface area contributed by atoms with Gasteiger partial charge in [-0.2, -0.15) is 0 Å². The smallest absolute Gasteiger partial charge is 0.258 e. The van der Waals surface area contributed by atoms with E-state index < -0.39 is 11.7 Å². The molecular formula is C16H12FNO. The Bertz CT molecular complexity index is 671. The molecule has 2 aromatic carbocycles. The van der Waals surface area contributed by atoms with Crippen molar-refractivity contribution in [2.75, 3.05) is 5.32 Å². The van der Waals surface area contributed by atoms with Crippen molar-refractivity contribution in [3.63, 3.8) is 0 Å². The van der Waals surface area contributed by atoms with Crippen LogP contribution in [0.1, 0.15) is 21.5 Å². The Morgan fingerprint density at radius 3 is 2.74 bits per heavy atom. The summed E-state index contributed by atoms with van der Waals surface area (Å²) in [5.74, 6) is 1.48. The zero-order valence-electron chi connectivity index (χ0n) is 10.4. The Labute approximate surface area is 111 Å². The molecule has 0 bridgehead atoms. The molecule has 0 heterocycles. The third-order valence-corrected chi connectivity index (χ3v) is 2.72. The van der Waals surface area contributed by atoms with E-state index in [0.717, 1.165) is 0 Å². The summed E-state index contributed by atoms with van der Waals surface area (Å²) in [6.45, 7) is 1.62. The van der Waals surface area contributed by atoms with Crippen molar-refractivity contribution >= 4 is 11.6 Å². The van der Waals surface area contributed by atoms with Gasteiger partial charge in [0.2, 0.25) is 0 Å². The predicted octanol–water partition coefficient (Wildman–Crippen LogP) is 3.37. The molecule has 0 fully saturated rings. The second kappa shape index (κ2) is 5.36. The van der Waals surface area contributed by atoms with Crippen LogP contribution in [0.5, 0.6) is 0 Å². The maximum absolute atomic E-state index is 13.8. The SMILES string of the molecule is C#Cc1cccc(NC(=O)c2cccc(C)c2F)c1. The minimum Gasteiger partial charge on any atom is -0.322 e. The molecule has 3 heteroatoms. The molecule has 0 unspecified atom stereocenters. The highest BCUT2D eigenvalue weighted by Crippen LogP contribution is 2.15. The first kappa shape index (κ1) is 12.8. The number of nitrogens with one attached hydrogen (secondary N) is 1. The van der Waals surface area contributed by atoms with E-state index in [2.05, 4.69) is 11.2 Å². The van der Waals surface area contributed by atoms with Gasteiger partial charge in [-0.15, -0.1) is 6.42 Å². The van der Waals surface area contributed by atoms with Gasteiger partial charge in [0.1, 0.15) is 5.82 Å². The van der Waals surface area contributed by atoms with Crippen molar-refractivity contribution < 1.29 is 9.18 Å². The van der Waals surface area contributed by atoms with Crippen LogP contribution in [0.25, 0.3) is 0 Å². The van der Waals surface area contributed by atoms with E-state index in [0.29, 0.717) is 16.8 Å². The molecule has 2 aromatic rings. The number of rotatable bonds is 2. The molecule has 2 nitrogen and oxygen atoms in total. The molecule has 0 saturated carbocycles. The molecular weight excluding hydrogens is 241 g/mol. The Hall–Kier alpha value is -2.60. The zero-order valence-corrected chi connectivity index (χ0v) is 10.4. The van der Waals surface area contributed by atoms with Gasteiger partial charge in [0.15, 0.2) is 0 Å². The molecule has 1 N–H and O–H groups in total. The molecule has 0 aromatic heterocycles.